The van der Waals surface area contributed by atoms with Crippen molar-refractivity contribution in [2.45, 2.75) is 49.8 Å². The molecule has 1 fully saturated rings. The lowest BCUT2D eigenvalue weighted by Gasteiger charge is -2.31. The molecule has 3 rings (SSSR count). The van der Waals surface area contributed by atoms with Gasteiger partial charge in [-0.1, -0.05) is 61.4 Å². The number of aromatic nitrogens is 2. The van der Waals surface area contributed by atoms with E-state index in [1.54, 1.807) is 0 Å². The van der Waals surface area contributed by atoms with Gasteiger partial charge in [0.2, 0.25) is 11.8 Å². The van der Waals surface area contributed by atoms with Gasteiger partial charge in [0.05, 0.1) is 12.2 Å². The average Bonchev–Trinajstić information content (AvgIpc) is 3.08. The number of nitrogens with zero attached hydrogens (tertiary/aromatic N) is 3. The molecule has 0 radical (unpaired) electrons. The molecule has 0 N–H and O–H groups in total. The van der Waals surface area contributed by atoms with Gasteiger partial charge >= 0.3 is 0 Å². The lowest BCUT2D eigenvalue weighted by molar-refractivity contribution is -0.129. The number of benzene rings is 1. The minimum Gasteiger partial charge on any atom is -0.416 e. The second kappa shape index (κ2) is 8.33. The maximum Gasteiger partial charge on any atom is 0.277 e. The normalized spacial score (nSPS) is 15.4. The summed E-state index contributed by atoms with van der Waals surface area (Å²) in [5.41, 5.74) is 1.13. The number of amides is 1. The molecule has 1 amide bonds. The van der Waals surface area contributed by atoms with Crippen LogP contribution >= 0.6 is 11.8 Å². The van der Waals surface area contributed by atoms with Crippen LogP contribution < -0.4 is 0 Å². The van der Waals surface area contributed by atoms with E-state index in [4.69, 9.17) is 4.42 Å². The highest BCUT2D eigenvalue weighted by Crippen LogP contribution is 2.23. The largest absolute Gasteiger partial charge is 0.416 e. The van der Waals surface area contributed by atoms with Crippen molar-refractivity contribution in [3.05, 3.63) is 41.8 Å². The Morgan fingerprint density at radius 1 is 1.21 bits per heavy atom. The molecular formula is C18H23N3O2S. The SMILES string of the molecule is CN(C(=O)CSc1nnc(Cc2ccccc2)o1)C1CCCCC1. The fraction of sp³-hybridized carbons (Fsp3) is 0.500. The Bertz CT molecular complexity index is 653. The summed E-state index contributed by atoms with van der Waals surface area (Å²) in [6, 6.07) is 10.4. The van der Waals surface area contributed by atoms with Crippen LogP contribution in [0.1, 0.15) is 43.6 Å². The molecule has 0 atom stereocenters. The fourth-order valence-electron chi connectivity index (χ4n) is 3.04. The smallest absolute Gasteiger partial charge is 0.277 e. The Kier molecular flexibility index (Phi) is 5.91. The number of hydrogen-bond acceptors (Lipinski definition) is 5. The van der Waals surface area contributed by atoms with E-state index in [0.29, 0.717) is 29.3 Å². The van der Waals surface area contributed by atoms with Gasteiger partial charge in [-0.2, -0.15) is 0 Å². The highest BCUT2D eigenvalue weighted by molar-refractivity contribution is 7.99. The van der Waals surface area contributed by atoms with Crippen molar-refractivity contribution in [3.63, 3.8) is 0 Å². The average molecular weight is 345 g/mol. The molecule has 2 aromatic rings. The van der Waals surface area contributed by atoms with E-state index in [-0.39, 0.29) is 5.91 Å². The van der Waals surface area contributed by atoms with Crippen LogP contribution in [0.4, 0.5) is 0 Å². The number of carbonyl (C=O) groups is 1. The summed E-state index contributed by atoms with van der Waals surface area (Å²) in [5.74, 6) is 1.06. The number of thioether (sulfide) groups is 1. The minimum atomic E-state index is 0.134. The van der Waals surface area contributed by atoms with E-state index in [2.05, 4.69) is 10.2 Å². The molecule has 5 nitrogen and oxygen atoms in total. The van der Waals surface area contributed by atoms with Crippen molar-refractivity contribution in [1.29, 1.82) is 0 Å². The van der Waals surface area contributed by atoms with Gasteiger partial charge < -0.3 is 9.32 Å². The summed E-state index contributed by atoms with van der Waals surface area (Å²) in [7, 11) is 1.91. The Balaban J connectivity index is 1.48. The fourth-order valence-corrected chi connectivity index (χ4v) is 3.74. The summed E-state index contributed by atoms with van der Waals surface area (Å²) in [5, 5.41) is 8.56. The quantitative estimate of drug-likeness (QED) is 0.750. The maximum atomic E-state index is 12.3. The molecule has 1 aromatic heterocycles. The highest BCUT2D eigenvalue weighted by Gasteiger charge is 2.22. The van der Waals surface area contributed by atoms with Gasteiger partial charge in [-0.15, -0.1) is 10.2 Å². The first-order valence-corrected chi connectivity index (χ1v) is 9.45. The van der Waals surface area contributed by atoms with Crippen LogP contribution in [-0.2, 0) is 11.2 Å². The van der Waals surface area contributed by atoms with E-state index in [9.17, 15) is 4.79 Å². The molecule has 1 heterocycles. The van der Waals surface area contributed by atoms with Crippen LogP contribution in [-0.4, -0.2) is 39.8 Å². The first-order chi connectivity index (χ1) is 11.7. The molecule has 0 spiro atoms. The lowest BCUT2D eigenvalue weighted by Crippen LogP contribution is -2.39. The van der Waals surface area contributed by atoms with Gasteiger partial charge in [0.25, 0.3) is 5.22 Å². The Morgan fingerprint density at radius 2 is 1.96 bits per heavy atom. The molecule has 24 heavy (non-hydrogen) atoms. The van der Waals surface area contributed by atoms with Gasteiger partial charge in [0.1, 0.15) is 0 Å². The van der Waals surface area contributed by atoms with Crippen molar-refractivity contribution < 1.29 is 9.21 Å². The number of rotatable bonds is 6. The Morgan fingerprint density at radius 3 is 2.71 bits per heavy atom. The van der Waals surface area contributed by atoms with Crippen LogP contribution in [0.5, 0.6) is 0 Å². The van der Waals surface area contributed by atoms with Gasteiger partial charge in [-0.05, 0) is 18.4 Å². The van der Waals surface area contributed by atoms with Gasteiger partial charge in [-0.25, -0.2) is 0 Å². The second-order valence-electron chi connectivity index (χ2n) is 6.21. The molecule has 0 saturated heterocycles. The zero-order valence-corrected chi connectivity index (χ0v) is 14.8. The zero-order chi connectivity index (χ0) is 16.8. The molecule has 6 heteroatoms. The molecular weight excluding hydrogens is 322 g/mol. The van der Waals surface area contributed by atoms with E-state index < -0.39 is 0 Å². The van der Waals surface area contributed by atoms with Gasteiger partial charge in [-0.3, -0.25) is 4.79 Å². The summed E-state index contributed by atoms with van der Waals surface area (Å²) >= 11 is 1.32. The van der Waals surface area contributed by atoms with Crippen LogP contribution in [0, 0.1) is 0 Å². The summed E-state index contributed by atoms with van der Waals surface area (Å²) in [6.07, 6.45) is 6.59. The topological polar surface area (TPSA) is 59.2 Å². The molecule has 1 aromatic carbocycles. The third kappa shape index (κ3) is 4.60. The molecule has 128 valence electrons. The van der Waals surface area contributed by atoms with E-state index >= 15 is 0 Å². The van der Waals surface area contributed by atoms with Gasteiger partial charge in [0.15, 0.2) is 0 Å². The first kappa shape index (κ1) is 17.0. The predicted octanol–water partition coefficient (Wildman–Crippen LogP) is 3.54. The van der Waals surface area contributed by atoms with Gasteiger partial charge in [0, 0.05) is 13.1 Å². The number of hydrogen-bond donors (Lipinski definition) is 0. The van der Waals surface area contributed by atoms with E-state index in [0.717, 1.165) is 18.4 Å². The molecule has 1 saturated carbocycles. The Hall–Kier alpha value is -1.82. The minimum absolute atomic E-state index is 0.134. The van der Waals surface area contributed by atoms with Crippen LogP contribution in [0.2, 0.25) is 0 Å². The summed E-state index contributed by atoms with van der Waals surface area (Å²) in [6.45, 7) is 0. The lowest BCUT2D eigenvalue weighted by atomic mass is 9.94. The van der Waals surface area contributed by atoms with E-state index in [1.165, 1.54) is 31.0 Å². The van der Waals surface area contributed by atoms with Crippen LogP contribution in [0.15, 0.2) is 40.0 Å². The molecule has 0 bridgehead atoms. The zero-order valence-electron chi connectivity index (χ0n) is 14.0. The Labute approximate surface area is 146 Å². The molecule has 0 unspecified atom stereocenters. The third-order valence-electron chi connectivity index (χ3n) is 4.48. The molecule has 1 aliphatic rings. The first-order valence-electron chi connectivity index (χ1n) is 8.47. The monoisotopic (exact) mass is 345 g/mol. The summed E-state index contributed by atoms with van der Waals surface area (Å²) < 4.78 is 5.63. The van der Waals surface area contributed by atoms with Crippen molar-refractivity contribution in [1.82, 2.24) is 15.1 Å². The van der Waals surface area contributed by atoms with Crippen LogP contribution in [0.25, 0.3) is 0 Å². The van der Waals surface area contributed by atoms with Crippen LogP contribution in [0.3, 0.4) is 0 Å². The van der Waals surface area contributed by atoms with Crippen molar-refractivity contribution in [3.8, 4) is 0 Å². The molecule has 0 aliphatic heterocycles. The van der Waals surface area contributed by atoms with Crippen molar-refractivity contribution >= 4 is 17.7 Å². The molecule has 1 aliphatic carbocycles. The van der Waals surface area contributed by atoms with E-state index in [1.807, 2.05) is 42.3 Å². The standard InChI is InChI=1S/C18H23N3O2S/c1-21(15-10-6-3-7-11-15)17(22)13-24-18-20-19-16(23-18)12-14-8-4-2-5-9-14/h2,4-5,8-9,15H,3,6-7,10-13H2,1H3. The summed E-state index contributed by atoms with van der Waals surface area (Å²) in [4.78, 5) is 14.2. The van der Waals surface area contributed by atoms with Crippen molar-refractivity contribution in [2.75, 3.05) is 12.8 Å². The van der Waals surface area contributed by atoms with Crippen molar-refractivity contribution in [2.24, 2.45) is 0 Å². The number of carbonyl (C=O) groups excluding carboxylic acids is 1. The highest BCUT2D eigenvalue weighted by atomic mass is 32.2. The third-order valence-corrected chi connectivity index (χ3v) is 5.28. The maximum absolute atomic E-state index is 12.3. The second-order valence-corrected chi connectivity index (χ2v) is 7.14. The predicted molar refractivity (Wildman–Crippen MR) is 93.9 cm³/mol.